The molecule has 0 aliphatic carbocycles. The molecule has 0 amide bonds. The second-order valence-electron chi connectivity index (χ2n) is 4.01. The molecule has 0 bridgehead atoms. The molecule has 0 aliphatic heterocycles. The van der Waals surface area contributed by atoms with E-state index >= 15 is 0 Å². The van der Waals surface area contributed by atoms with E-state index in [4.69, 9.17) is 12.2 Å². The van der Waals surface area contributed by atoms with Crippen LogP contribution in [0.4, 0.5) is 0 Å². The summed E-state index contributed by atoms with van der Waals surface area (Å²) in [6.07, 6.45) is 6.13. The Morgan fingerprint density at radius 1 is 1.31 bits per heavy atom. The van der Waals surface area contributed by atoms with Crippen LogP contribution in [0, 0.1) is 12.3 Å². The Bertz CT molecular complexity index is 308. The van der Waals surface area contributed by atoms with Crippen molar-refractivity contribution in [1.82, 2.24) is 0 Å². The minimum Gasteiger partial charge on any atom is -0.325 e. The lowest BCUT2D eigenvalue weighted by Crippen LogP contribution is -2.34. The Hall–Kier alpha value is -1.26. The zero-order chi connectivity index (χ0) is 9.90. The molecule has 1 nitrogen and oxygen atoms in total. The maximum Gasteiger partial charge on any atom is 0.0242 e. The molecule has 2 N–H and O–H groups in total. The Labute approximate surface area is 80.0 Å². The summed E-state index contributed by atoms with van der Waals surface area (Å²) in [5.74, 6) is 2.59. The lowest BCUT2D eigenvalue weighted by Gasteiger charge is -2.18. The van der Waals surface area contributed by atoms with Gasteiger partial charge in [0.25, 0.3) is 0 Å². The van der Waals surface area contributed by atoms with Gasteiger partial charge in [-0.3, -0.25) is 0 Å². The molecule has 1 aromatic rings. The highest BCUT2D eigenvalue weighted by Crippen LogP contribution is 2.10. The molecule has 0 fully saturated rings. The third-order valence-corrected chi connectivity index (χ3v) is 1.78. The normalized spacial score (nSPS) is 10.9. The number of benzene rings is 1. The van der Waals surface area contributed by atoms with Gasteiger partial charge in [-0.25, -0.2) is 0 Å². The summed E-state index contributed by atoms with van der Waals surface area (Å²) < 4.78 is 0. The molecule has 0 heterocycles. The van der Waals surface area contributed by atoms with Crippen molar-refractivity contribution in [3.05, 3.63) is 35.4 Å². The van der Waals surface area contributed by atoms with Crippen molar-refractivity contribution in [3.8, 4) is 12.3 Å². The van der Waals surface area contributed by atoms with Gasteiger partial charge in [-0.15, -0.1) is 6.42 Å². The predicted octanol–water partition coefficient (Wildman–Crippen LogP) is 1.95. The molecule has 1 heteroatoms. The van der Waals surface area contributed by atoms with E-state index < -0.39 is 0 Å². The fraction of sp³-hybridized carbons (Fsp3) is 0.333. The summed E-state index contributed by atoms with van der Waals surface area (Å²) in [4.78, 5) is 0. The van der Waals surface area contributed by atoms with Crippen molar-refractivity contribution in [2.45, 2.75) is 25.8 Å². The summed E-state index contributed by atoms with van der Waals surface area (Å²) in [5, 5.41) is 0. The first kappa shape index (κ1) is 9.83. The van der Waals surface area contributed by atoms with Crippen LogP contribution in [0.3, 0.4) is 0 Å². The van der Waals surface area contributed by atoms with Crippen molar-refractivity contribution in [1.29, 1.82) is 0 Å². The Kier molecular flexibility index (Phi) is 2.75. The molecule has 1 aromatic carbocycles. The summed E-state index contributed by atoms with van der Waals surface area (Å²) in [6, 6.07) is 7.95. The quantitative estimate of drug-likeness (QED) is 0.680. The molecule has 68 valence electrons. The number of terminal acetylenes is 1. The standard InChI is InChI=1S/C12H15N/c1-4-10-5-7-11(8-6-10)9-12(2,3)13/h1,5-8H,9,13H2,2-3H3. The fourth-order valence-electron chi connectivity index (χ4n) is 1.24. The predicted molar refractivity (Wildman–Crippen MR) is 56.3 cm³/mol. The van der Waals surface area contributed by atoms with E-state index in [0.29, 0.717) is 0 Å². The van der Waals surface area contributed by atoms with Gasteiger partial charge in [0.2, 0.25) is 0 Å². The van der Waals surface area contributed by atoms with Crippen LogP contribution < -0.4 is 5.73 Å². The van der Waals surface area contributed by atoms with Crippen molar-refractivity contribution >= 4 is 0 Å². The van der Waals surface area contributed by atoms with Crippen LogP contribution in [-0.4, -0.2) is 5.54 Å². The van der Waals surface area contributed by atoms with Gasteiger partial charge < -0.3 is 5.73 Å². The summed E-state index contributed by atoms with van der Waals surface area (Å²) in [5.41, 5.74) is 7.89. The van der Waals surface area contributed by atoms with E-state index in [0.717, 1.165) is 12.0 Å². The molecule has 13 heavy (non-hydrogen) atoms. The van der Waals surface area contributed by atoms with Crippen molar-refractivity contribution in [2.75, 3.05) is 0 Å². The van der Waals surface area contributed by atoms with Crippen LogP contribution in [0.5, 0.6) is 0 Å². The van der Waals surface area contributed by atoms with E-state index in [1.54, 1.807) is 0 Å². The van der Waals surface area contributed by atoms with Crippen LogP contribution in [0.15, 0.2) is 24.3 Å². The van der Waals surface area contributed by atoms with Crippen LogP contribution in [-0.2, 0) is 6.42 Å². The molecular weight excluding hydrogens is 158 g/mol. The van der Waals surface area contributed by atoms with E-state index in [1.807, 2.05) is 38.1 Å². The lowest BCUT2D eigenvalue weighted by molar-refractivity contribution is 0.517. The average molecular weight is 173 g/mol. The molecule has 1 rings (SSSR count). The summed E-state index contributed by atoms with van der Waals surface area (Å²) in [7, 11) is 0. The average Bonchev–Trinajstić information content (AvgIpc) is 2.03. The molecule has 0 radical (unpaired) electrons. The Balaban J connectivity index is 2.77. The second-order valence-corrected chi connectivity index (χ2v) is 4.01. The molecule has 0 unspecified atom stereocenters. The third kappa shape index (κ3) is 3.31. The van der Waals surface area contributed by atoms with E-state index in [2.05, 4.69) is 5.92 Å². The molecular formula is C12H15N. The smallest absolute Gasteiger partial charge is 0.0242 e. The number of hydrogen-bond donors (Lipinski definition) is 1. The van der Waals surface area contributed by atoms with Gasteiger partial charge in [0.05, 0.1) is 0 Å². The third-order valence-electron chi connectivity index (χ3n) is 1.78. The molecule has 0 aliphatic rings. The van der Waals surface area contributed by atoms with Crippen molar-refractivity contribution in [2.24, 2.45) is 5.73 Å². The van der Waals surface area contributed by atoms with Crippen LogP contribution >= 0.6 is 0 Å². The fourth-order valence-corrected chi connectivity index (χ4v) is 1.24. The number of nitrogens with two attached hydrogens (primary N) is 1. The van der Waals surface area contributed by atoms with Crippen LogP contribution in [0.1, 0.15) is 25.0 Å². The first-order chi connectivity index (χ1) is 6.01. The molecule has 0 spiro atoms. The van der Waals surface area contributed by atoms with E-state index in [1.165, 1.54) is 5.56 Å². The summed E-state index contributed by atoms with van der Waals surface area (Å²) in [6.45, 7) is 4.03. The van der Waals surface area contributed by atoms with Crippen LogP contribution in [0.25, 0.3) is 0 Å². The molecule has 0 saturated heterocycles. The van der Waals surface area contributed by atoms with E-state index in [-0.39, 0.29) is 5.54 Å². The van der Waals surface area contributed by atoms with Crippen molar-refractivity contribution in [3.63, 3.8) is 0 Å². The number of hydrogen-bond acceptors (Lipinski definition) is 1. The zero-order valence-electron chi connectivity index (χ0n) is 8.17. The SMILES string of the molecule is C#Cc1ccc(CC(C)(C)N)cc1. The molecule has 0 saturated carbocycles. The van der Waals surface area contributed by atoms with Gasteiger partial charge in [0.15, 0.2) is 0 Å². The van der Waals surface area contributed by atoms with Gasteiger partial charge in [0, 0.05) is 11.1 Å². The molecule has 0 atom stereocenters. The first-order valence-corrected chi connectivity index (χ1v) is 4.36. The minimum atomic E-state index is -0.155. The zero-order valence-corrected chi connectivity index (χ0v) is 8.17. The highest BCUT2D eigenvalue weighted by molar-refractivity contribution is 5.34. The van der Waals surface area contributed by atoms with Crippen molar-refractivity contribution < 1.29 is 0 Å². The summed E-state index contributed by atoms with van der Waals surface area (Å²) >= 11 is 0. The second kappa shape index (κ2) is 3.64. The van der Waals surface area contributed by atoms with Gasteiger partial charge in [-0.2, -0.15) is 0 Å². The van der Waals surface area contributed by atoms with E-state index in [9.17, 15) is 0 Å². The molecule has 0 aromatic heterocycles. The highest BCUT2D eigenvalue weighted by atomic mass is 14.7. The van der Waals surface area contributed by atoms with Gasteiger partial charge in [-0.1, -0.05) is 18.1 Å². The van der Waals surface area contributed by atoms with Gasteiger partial charge >= 0.3 is 0 Å². The van der Waals surface area contributed by atoms with Crippen LogP contribution in [0.2, 0.25) is 0 Å². The van der Waals surface area contributed by atoms with Gasteiger partial charge in [-0.05, 0) is 38.0 Å². The Morgan fingerprint density at radius 3 is 2.23 bits per heavy atom. The topological polar surface area (TPSA) is 26.0 Å². The lowest BCUT2D eigenvalue weighted by atomic mass is 9.96. The van der Waals surface area contributed by atoms with Gasteiger partial charge in [0.1, 0.15) is 0 Å². The highest BCUT2D eigenvalue weighted by Gasteiger charge is 2.10. The first-order valence-electron chi connectivity index (χ1n) is 4.36. The Morgan fingerprint density at radius 2 is 1.85 bits per heavy atom. The minimum absolute atomic E-state index is 0.155. The maximum absolute atomic E-state index is 5.90. The maximum atomic E-state index is 5.90. The monoisotopic (exact) mass is 173 g/mol. The largest absolute Gasteiger partial charge is 0.325 e. The number of rotatable bonds is 2.